The highest BCUT2D eigenvalue weighted by atomic mass is 19.3. The Morgan fingerprint density at radius 2 is 2.30 bits per heavy atom. The molecule has 0 aromatic carbocycles. The second-order valence-corrected chi connectivity index (χ2v) is 5.60. The molecule has 0 fully saturated rings. The molecule has 1 amide bonds. The quantitative estimate of drug-likeness (QED) is 0.913. The summed E-state index contributed by atoms with van der Waals surface area (Å²) in [6.07, 6.45) is 2.64. The zero-order valence-electron chi connectivity index (χ0n) is 12.7. The number of hydrogen-bond donors (Lipinski definition) is 1. The molecule has 0 bridgehead atoms. The first kappa shape index (κ1) is 15.6. The molecular formula is C14H18F2N6O. The fourth-order valence-electron chi connectivity index (χ4n) is 2.75. The molecule has 0 aliphatic carbocycles. The summed E-state index contributed by atoms with van der Waals surface area (Å²) in [4.78, 5) is 12.4. The summed E-state index contributed by atoms with van der Waals surface area (Å²) in [5.74, 6) is -0.431. The number of hydrogen-bond acceptors (Lipinski definition) is 4. The molecule has 0 saturated heterocycles. The van der Waals surface area contributed by atoms with Crippen LogP contribution in [-0.4, -0.2) is 30.5 Å². The molecule has 124 valence electrons. The lowest BCUT2D eigenvalue weighted by Crippen LogP contribution is -2.32. The monoisotopic (exact) mass is 324 g/mol. The molecule has 0 unspecified atom stereocenters. The molecule has 3 rings (SSSR count). The van der Waals surface area contributed by atoms with E-state index in [4.69, 9.17) is 0 Å². The first-order valence-corrected chi connectivity index (χ1v) is 7.62. The molecule has 1 N–H and O–H groups in total. The van der Waals surface area contributed by atoms with Gasteiger partial charge in [-0.3, -0.25) is 9.48 Å². The van der Waals surface area contributed by atoms with Gasteiger partial charge in [0.05, 0.1) is 17.8 Å². The van der Waals surface area contributed by atoms with E-state index < -0.39 is 6.43 Å². The van der Waals surface area contributed by atoms with E-state index in [1.54, 1.807) is 17.1 Å². The molecule has 9 heteroatoms. The Morgan fingerprint density at radius 1 is 1.48 bits per heavy atom. The van der Waals surface area contributed by atoms with Gasteiger partial charge in [-0.25, -0.2) is 8.78 Å². The van der Waals surface area contributed by atoms with Gasteiger partial charge in [-0.15, -0.1) is 10.2 Å². The maximum absolute atomic E-state index is 12.9. The minimum Gasteiger partial charge on any atom is -0.323 e. The van der Waals surface area contributed by atoms with Crippen molar-refractivity contribution in [2.75, 3.05) is 5.32 Å². The first-order chi connectivity index (χ1) is 11.1. The fraction of sp³-hybridized carbons (Fsp3) is 0.571. The number of nitrogens with one attached hydrogen (secondary N) is 1. The van der Waals surface area contributed by atoms with Crippen LogP contribution in [0.25, 0.3) is 0 Å². The van der Waals surface area contributed by atoms with Crippen LogP contribution in [0.5, 0.6) is 0 Å². The Hall–Kier alpha value is -2.32. The summed E-state index contributed by atoms with van der Waals surface area (Å²) >= 11 is 0. The van der Waals surface area contributed by atoms with E-state index in [1.807, 2.05) is 6.92 Å². The van der Waals surface area contributed by atoms with Crippen molar-refractivity contribution < 1.29 is 13.6 Å². The lowest BCUT2D eigenvalue weighted by Gasteiger charge is -2.23. The molecular weight excluding hydrogens is 306 g/mol. The van der Waals surface area contributed by atoms with Gasteiger partial charge in [0.1, 0.15) is 5.82 Å². The minimum absolute atomic E-state index is 0.178. The van der Waals surface area contributed by atoms with Gasteiger partial charge in [-0.2, -0.15) is 5.10 Å². The van der Waals surface area contributed by atoms with Crippen molar-refractivity contribution in [2.24, 2.45) is 5.92 Å². The number of alkyl halides is 2. The Kier molecular flexibility index (Phi) is 4.35. The van der Waals surface area contributed by atoms with E-state index in [2.05, 4.69) is 20.6 Å². The van der Waals surface area contributed by atoms with Gasteiger partial charge in [0.2, 0.25) is 5.91 Å². The highest BCUT2D eigenvalue weighted by molar-refractivity contribution is 5.92. The number of nitrogens with zero attached hydrogens (tertiary/aromatic N) is 5. The van der Waals surface area contributed by atoms with Crippen LogP contribution >= 0.6 is 0 Å². The van der Waals surface area contributed by atoms with E-state index >= 15 is 0 Å². The van der Waals surface area contributed by atoms with Crippen molar-refractivity contribution in [1.82, 2.24) is 24.5 Å². The van der Waals surface area contributed by atoms with Crippen LogP contribution < -0.4 is 5.32 Å². The first-order valence-electron chi connectivity index (χ1n) is 7.62. The van der Waals surface area contributed by atoms with E-state index in [1.165, 1.54) is 4.57 Å². The summed E-state index contributed by atoms with van der Waals surface area (Å²) in [6, 6.07) is 0. The van der Waals surface area contributed by atoms with Crippen LogP contribution in [0.3, 0.4) is 0 Å². The Balaban J connectivity index is 1.67. The van der Waals surface area contributed by atoms with Crippen LogP contribution in [0.15, 0.2) is 12.4 Å². The summed E-state index contributed by atoms with van der Waals surface area (Å²) in [5, 5.41) is 14.2. The maximum atomic E-state index is 12.9. The van der Waals surface area contributed by atoms with Crippen LogP contribution in [0.4, 0.5) is 14.5 Å². The molecule has 1 aliphatic heterocycles. The standard InChI is InChI=1S/C14H18F2N6O/c1-2-5-21-8-10(6-17-21)18-14(23)9-3-4-11-19-20-13(12(15)16)22(11)7-9/h6,8-9,12H,2-5,7H2,1H3,(H,18,23)/t9-/m0/s1. The van der Waals surface area contributed by atoms with Crippen molar-refractivity contribution >= 4 is 11.6 Å². The molecule has 0 saturated carbocycles. The maximum Gasteiger partial charge on any atom is 0.297 e. The molecule has 2 aromatic heterocycles. The van der Waals surface area contributed by atoms with Crippen molar-refractivity contribution in [3.05, 3.63) is 24.0 Å². The summed E-state index contributed by atoms with van der Waals surface area (Å²) in [6.45, 7) is 3.00. The normalized spacial score (nSPS) is 17.3. The Labute approximate surface area is 131 Å². The summed E-state index contributed by atoms with van der Waals surface area (Å²) in [5.41, 5.74) is 0.618. The molecule has 1 aliphatic rings. The van der Waals surface area contributed by atoms with Crippen molar-refractivity contribution in [1.29, 1.82) is 0 Å². The molecule has 1 atom stereocenters. The van der Waals surface area contributed by atoms with Gasteiger partial charge in [-0.05, 0) is 12.8 Å². The van der Waals surface area contributed by atoms with Gasteiger partial charge < -0.3 is 9.88 Å². The average molecular weight is 324 g/mol. The molecule has 23 heavy (non-hydrogen) atoms. The molecule has 0 radical (unpaired) electrons. The number of aromatic nitrogens is 5. The van der Waals surface area contributed by atoms with Crippen LogP contribution in [0.2, 0.25) is 0 Å². The molecule has 2 aromatic rings. The number of aryl methyl sites for hydroxylation is 2. The zero-order chi connectivity index (χ0) is 16.4. The van der Waals surface area contributed by atoms with Gasteiger partial charge in [-0.1, -0.05) is 6.92 Å². The zero-order valence-corrected chi connectivity index (χ0v) is 12.7. The van der Waals surface area contributed by atoms with Gasteiger partial charge in [0.25, 0.3) is 6.43 Å². The Morgan fingerprint density at radius 3 is 3.04 bits per heavy atom. The number of rotatable bonds is 5. The second kappa shape index (κ2) is 6.43. The van der Waals surface area contributed by atoms with Crippen LogP contribution in [0, 0.1) is 5.92 Å². The molecule has 3 heterocycles. The number of fused-ring (bicyclic) bond motifs is 1. The second-order valence-electron chi connectivity index (χ2n) is 5.60. The number of anilines is 1. The third kappa shape index (κ3) is 3.22. The van der Waals surface area contributed by atoms with E-state index in [-0.39, 0.29) is 24.2 Å². The predicted molar refractivity (Wildman–Crippen MR) is 77.9 cm³/mol. The van der Waals surface area contributed by atoms with Gasteiger partial charge in [0, 0.05) is 25.7 Å². The number of carbonyl (C=O) groups excluding carboxylic acids is 1. The highest BCUT2D eigenvalue weighted by Gasteiger charge is 2.30. The average Bonchev–Trinajstić information content (AvgIpc) is 3.13. The Bertz CT molecular complexity index is 695. The number of carbonyl (C=O) groups is 1. The van der Waals surface area contributed by atoms with E-state index in [9.17, 15) is 13.6 Å². The van der Waals surface area contributed by atoms with Crippen LogP contribution in [0.1, 0.15) is 37.8 Å². The molecule has 0 spiro atoms. The van der Waals surface area contributed by atoms with Crippen molar-refractivity contribution in [3.63, 3.8) is 0 Å². The van der Waals surface area contributed by atoms with Gasteiger partial charge in [0.15, 0.2) is 5.82 Å². The minimum atomic E-state index is -2.69. The van der Waals surface area contributed by atoms with E-state index in [0.29, 0.717) is 24.4 Å². The molecule has 7 nitrogen and oxygen atoms in total. The number of amides is 1. The third-order valence-corrected chi connectivity index (χ3v) is 3.89. The highest BCUT2D eigenvalue weighted by Crippen LogP contribution is 2.25. The van der Waals surface area contributed by atoms with Gasteiger partial charge >= 0.3 is 0 Å². The topological polar surface area (TPSA) is 77.6 Å². The van der Waals surface area contributed by atoms with Crippen molar-refractivity contribution in [2.45, 2.75) is 45.7 Å². The largest absolute Gasteiger partial charge is 0.323 e. The number of halogens is 2. The summed E-state index contributed by atoms with van der Waals surface area (Å²) in [7, 11) is 0. The van der Waals surface area contributed by atoms with E-state index in [0.717, 1.165) is 13.0 Å². The predicted octanol–water partition coefficient (Wildman–Crippen LogP) is 2.02. The summed E-state index contributed by atoms with van der Waals surface area (Å²) < 4.78 is 28.9. The van der Waals surface area contributed by atoms with Crippen molar-refractivity contribution in [3.8, 4) is 0 Å². The lowest BCUT2D eigenvalue weighted by atomic mass is 9.98. The fourth-order valence-corrected chi connectivity index (χ4v) is 2.75. The lowest BCUT2D eigenvalue weighted by molar-refractivity contribution is -0.120. The smallest absolute Gasteiger partial charge is 0.297 e. The third-order valence-electron chi connectivity index (χ3n) is 3.89. The SMILES string of the molecule is CCCn1cc(NC(=O)[C@H]2CCc3nnc(C(F)F)n3C2)cn1. The van der Waals surface area contributed by atoms with Crippen LogP contribution in [-0.2, 0) is 24.3 Å².